The third-order valence-electron chi connectivity index (χ3n) is 5.07. The van der Waals surface area contributed by atoms with E-state index in [4.69, 9.17) is 10.2 Å². The Bertz CT molecular complexity index is 364. The van der Waals surface area contributed by atoms with E-state index in [1.54, 1.807) is 6.26 Å². The Morgan fingerprint density at radius 3 is 2.58 bits per heavy atom. The van der Waals surface area contributed by atoms with Crippen LogP contribution in [-0.4, -0.2) is 24.0 Å². The van der Waals surface area contributed by atoms with Crippen LogP contribution in [0.15, 0.2) is 22.8 Å². The quantitative estimate of drug-likeness (QED) is 0.887. The Labute approximate surface area is 117 Å². The molecule has 0 saturated heterocycles. The minimum absolute atomic E-state index is 0.165. The standard InChI is InChI=1S/C16H28N2O/c1-13(2)14-6-8-16(12-17,9-7-14)18(3)11-15-5-4-10-19-15/h4-5,10,13-14H,6-9,11-12,17H2,1-3H3. The second kappa shape index (κ2) is 6.10. The first-order valence-corrected chi connectivity index (χ1v) is 7.51. The topological polar surface area (TPSA) is 42.4 Å². The Morgan fingerprint density at radius 2 is 2.11 bits per heavy atom. The second-order valence-electron chi connectivity index (χ2n) is 6.45. The van der Waals surface area contributed by atoms with Crippen molar-refractivity contribution in [2.75, 3.05) is 13.6 Å². The summed E-state index contributed by atoms with van der Waals surface area (Å²) in [5.74, 6) is 2.70. The lowest BCUT2D eigenvalue weighted by Gasteiger charge is -2.46. The summed E-state index contributed by atoms with van der Waals surface area (Å²) in [6.07, 6.45) is 6.77. The van der Waals surface area contributed by atoms with E-state index in [0.29, 0.717) is 0 Å². The highest BCUT2D eigenvalue weighted by Crippen LogP contribution is 2.38. The highest BCUT2D eigenvalue weighted by molar-refractivity contribution is 5.02. The number of hydrogen-bond acceptors (Lipinski definition) is 3. The Morgan fingerprint density at radius 1 is 1.42 bits per heavy atom. The van der Waals surface area contributed by atoms with E-state index in [1.807, 2.05) is 12.1 Å². The van der Waals surface area contributed by atoms with E-state index in [-0.39, 0.29) is 5.54 Å². The van der Waals surface area contributed by atoms with Crippen LogP contribution in [0.2, 0.25) is 0 Å². The fourth-order valence-electron chi connectivity index (χ4n) is 3.39. The number of nitrogens with two attached hydrogens (primary N) is 1. The molecule has 0 amide bonds. The van der Waals surface area contributed by atoms with Crippen LogP contribution < -0.4 is 5.73 Å². The molecule has 0 aromatic carbocycles. The fourth-order valence-corrected chi connectivity index (χ4v) is 3.39. The van der Waals surface area contributed by atoms with Gasteiger partial charge in [-0.25, -0.2) is 0 Å². The van der Waals surface area contributed by atoms with Crippen molar-refractivity contribution in [2.45, 2.75) is 51.6 Å². The van der Waals surface area contributed by atoms with Crippen molar-refractivity contribution >= 4 is 0 Å². The molecule has 0 aliphatic heterocycles. The summed E-state index contributed by atoms with van der Waals surface area (Å²) < 4.78 is 5.46. The van der Waals surface area contributed by atoms with Crippen LogP contribution in [0, 0.1) is 11.8 Å². The van der Waals surface area contributed by atoms with Crippen LogP contribution in [-0.2, 0) is 6.54 Å². The molecule has 1 aliphatic rings. The molecular formula is C16H28N2O. The minimum atomic E-state index is 0.165. The van der Waals surface area contributed by atoms with E-state index >= 15 is 0 Å². The largest absolute Gasteiger partial charge is 0.468 e. The molecule has 1 aromatic heterocycles. The van der Waals surface area contributed by atoms with Crippen molar-refractivity contribution in [1.29, 1.82) is 0 Å². The van der Waals surface area contributed by atoms with Crippen molar-refractivity contribution in [3.8, 4) is 0 Å². The Kier molecular flexibility index (Phi) is 4.69. The summed E-state index contributed by atoms with van der Waals surface area (Å²) in [5, 5.41) is 0. The van der Waals surface area contributed by atoms with Gasteiger partial charge in [-0.2, -0.15) is 0 Å². The molecule has 0 unspecified atom stereocenters. The molecule has 0 radical (unpaired) electrons. The van der Waals surface area contributed by atoms with Gasteiger partial charge in [0.25, 0.3) is 0 Å². The van der Waals surface area contributed by atoms with Gasteiger partial charge in [0.1, 0.15) is 5.76 Å². The van der Waals surface area contributed by atoms with Crippen molar-refractivity contribution in [1.82, 2.24) is 4.90 Å². The van der Waals surface area contributed by atoms with E-state index in [1.165, 1.54) is 25.7 Å². The first-order valence-electron chi connectivity index (χ1n) is 7.51. The van der Waals surface area contributed by atoms with Gasteiger partial charge in [-0.15, -0.1) is 0 Å². The molecule has 1 fully saturated rings. The maximum atomic E-state index is 6.12. The van der Waals surface area contributed by atoms with Gasteiger partial charge in [-0.05, 0) is 56.7 Å². The first kappa shape index (κ1) is 14.6. The van der Waals surface area contributed by atoms with Crippen molar-refractivity contribution < 1.29 is 4.42 Å². The molecule has 1 aliphatic carbocycles. The summed E-state index contributed by atoms with van der Waals surface area (Å²) in [5.41, 5.74) is 6.28. The van der Waals surface area contributed by atoms with E-state index < -0.39 is 0 Å². The zero-order chi connectivity index (χ0) is 13.9. The van der Waals surface area contributed by atoms with E-state index in [2.05, 4.69) is 25.8 Å². The van der Waals surface area contributed by atoms with Crippen LogP contribution in [0.5, 0.6) is 0 Å². The van der Waals surface area contributed by atoms with Crippen LogP contribution in [0.4, 0.5) is 0 Å². The number of furan rings is 1. The summed E-state index contributed by atoms with van der Waals surface area (Å²) in [6, 6.07) is 3.99. The Balaban J connectivity index is 1.99. The predicted octanol–water partition coefficient (Wildman–Crippen LogP) is 3.26. The predicted molar refractivity (Wildman–Crippen MR) is 78.8 cm³/mol. The first-order chi connectivity index (χ1) is 9.07. The smallest absolute Gasteiger partial charge is 0.117 e. The molecule has 108 valence electrons. The lowest BCUT2D eigenvalue weighted by Crippen LogP contribution is -2.54. The zero-order valence-electron chi connectivity index (χ0n) is 12.6. The third kappa shape index (κ3) is 3.21. The lowest BCUT2D eigenvalue weighted by atomic mass is 9.72. The van der Waals surface area contributed by atoms with E-state index in [9.17, 15) is 0 Å². The van der Waals surface area contributed by atoms with Crippen LogP contribution >= 0.6 is 0 Å². The van der Waals surface area contributed by atoms with Crippen molar-refractivity contribution in [3.05, 3.63) is 24.2 Å². The fraction of sp³-hybridized carbons (Fsp3) is 0.750. The molecule has 0 atom stereocenters. The average Bonchev–Trinajstić information content (AvgIpc) is 2.91. The highest BCUT2D eigenvalue weighted by atomic mass is 16.3. The normalized spacial score (nSPS) is 28.2. The minimum Gasteiger partial charge on any atom is -0.468 e. The molecule has 1 aromatic rings. The maximum absolute atomic E-state index is 6.12. The monoisotopic (exact) mass is 264 g/mol. The molecule has 0 spiro atoms. The number of rotatable bonds is 5. The molecule has 1 heterocycles. The Hall–Kier alpha value is -0.800. The van der Waals surface area contributed by atoms with E-state index in [0.717, 1.165) is 30.7 Å². The molecule has 2 rings (SSSR count). The zero-order valence-corrected chi connectivity index (χ0v) is 12.6. The van der Waals surface area contributed by atoms with Crippen LogP contribution in [0.3, 0.4) is 0 Å². The lowest BCUT2D eigenvalue weighted by molar-refractivity contribution is 0.0451. The second-order valence-corrected chi connectivity index (χ2v) is 6.45. The van der Waals surface area contributed by atoms with Crippen molar-refractivity contribution in [3.63, 3.8) is 0 Å². The highest BCUT2D eigenvalue weighted by Gasteiger charge is 2.38. The summed E-state index contributed by atoms with van der Waals surface area (Å²) in [4.78, 5) is 2.41. The number of hydrogen-bond donors (Lipinski definition) is 1. The van der Waals surface area contributed by atoms with Crippen LogP contribution in [0.25, 0.3) is 0 Å². The molecular weight excluding hydrogens is 236 g/mol. The summed E-state index contributed by atoms with van der Waals surface area (Å²) >= 11 is 0. The van der Waals surface area contributed by atoms with Gasteiger partial charge < -0.3 is 10.2 Å². The number of likely N-dealkylation sites (N-methyl/N-ethyl adjacent to an activating group) is 1. The van der Waals surface area contributed by atoms with Gasteiger partial charge in [0.05, 0.1) is 12.8 Å². The van der Waals surface area contributed by atoms with Gasteiger partial charge >= 0.3 is 0 Å². The molecule has 2 N–H and O–H groups in total. The average molecular weight is 264 g/mol. The van der Waals surface area contributed by atoms with Crippen LogP contribution in [0.1, 0.15) is 45.3 Å². The summed E-state index contributed by atoms with van der Waals surface area (Å²) in [7, 11) is 2.19. The summed E-state index contributed by atoms with van der Waals surface area (Å²) in [6.45, 7) is 6.28. The third-order valence-corrected chi connectivity index (χ3v) is 5.07. The molecule has 19 heavy (non-hydrogen) atoms. The van der Waals surface area contributed by atoms with Gasteiger partial charge in [0.15, 0.2) is 0 Å². The van der Waals surface area contributed by atoms with Gasteiger partial charge in [0, 0.05) is 12.1 Å². The van der Waals surface area contributed by atoms with Gasteiger partial charge in [-0.3, -0.25) is 4.90 Å². The van der Waals surface area contributed by atoms with Gasteiger partial charge in [-0.1, -0.05) is 13.8 Å². The SMILES string of the molecule is CC(C)C1CCC(CN)(N(C)Cc2ccco2)CC1. The maximum Gasteiger partial charge on any atom is 0.117 e. The van der Waals surface area contributed by atoms with Gasteiger partial charge in [0.2, 0.25) is 0 Å². The number of nitrogens with zero attached hydrogens (tertiary/aromatic N) is 1. The molecule has 3 nitrogen and oxygen atoms in total. The molecule has 1 saturated carbocycles. The molecule has 3 heteroatoms. The van der Waals surface area contributed by atoms with Crippen molar-refractivity contribution in [2.24, 2.45) is 17.6 Å². The molecule has 0 bridgehead atoms.